The van der Waals surface area contributed by atoms with Crippen molar-refractivity contribution < 1.29 is 13.2 Å². The maximum atomic E-state index is 11.8. The van der Waals surface area contributed by atoms with E-state index in [0.29, 0.717) is 4.90 Å². The van der Waals surface area contributed by atoms with Crippen LogP contribution in [0.5, 0.6) is 0 Å². The average Bonchev–Trinajstić information content (AvgIpc) is 1.88. The Kier molecular flexibility index (Phi) is 1.94. The lowest BCUT2D eigenvalue weighted by atomic mass is 10.4. The predicted molar refractivity (Wildman–Crippen MR) is 31.0 cm³/mol. The first-order valence-corrected chi connectivity index (χ1v) is 2.91. The molecule has 0 radical (unpaired) electrons. The van der Waals surface area contributed by atoms with Gasteiger partial charge in [-0.05, 0) is 0 Å². The Morgan fingerprint density at radius 1 is 1.40 bits per heavy atom. The molecule has 0 N–H and O–H groups in total. The third kappa shape index (κ3) is 1.70. The first-order valence-electron chi connectivity index (χ1n) is 2.91. The summed E-state index contributed by atoms with van der Waals surface area (Å²) in [6, 6.07) is 0. The van der Waals surface area contributed by atoms with Crippen molar-refractivity contribution in [2.75, 3.05) is 19.6 Å². The molecule has 1 aliphatic rings. The molecule has 1 aliphatic heterocycles. The van der Waals surface area contributed by atoms with E-state index in [1.54, 1.807) is 0 Å². The van der Waals surface area contributed by atoms with Crippen LogP contribution in [0.15, 0.2) is 4.99 Å². The summed E-state index contributed by atoms with van der Waals surface area (Å²) in [7, 11) is 0. The van der Waals surface area contributed by atoms with Crippen molar-refractivity contribution in [2.45, 2.75) is 6.30 Å². The van der Waals surface area contributed by atoms with Gasteiger partial charge in [0.15, 0.2) is 0 Å². The second-order valence-corrected chi connectivity index (χ2v) is 2.00. The second kappa shape index (κ2) is 2.57. The second-order valence-electron chi connectivity index (χ2n) is 2.00. The van der Waals surface area contributed by atoms with Crippen LogP contribution in [0.2, 0.25) is 0 Å². The summed E-state index contributed by atoms with van der Waals surface area (Å²) in [6.45, 7) is 0.128. The molecule has 2 nitrogen and oxygen atoms in total. The zero-order valence-electron chi connectivity index (χ0n) is 5.23. The SMILES string of the molecule is FC(F)(F)N1CC=NCC1. The highest BCUT2D eigenvalue weighted by molar-refractivity contribution is 5.60. The highest BCUT2D eigenvalue weighted by Gasteiger charge is 2.36. The normalized spacial score (nSPS) is 21.5. The van der Waals surface area contributed by atoms with Crippen LogP contribution < -0.4 is 0 Å². The molecular weight excluding hydrogens is 145 g/mol. The summed E-state index contributed by atoms with van der Waals surface area (Å²) in [4.78, 5) is 4.10. The van der Waals surface area contributed by atoms with Gasteiger partial charge in [0.2, 0.25) is 0 Å². The van der Waals surface area contributed by atoms with Crippen LogP contribution in [-0.2, 0) is 0 Å². The molecule has 0 spiro atoms. The third-order valence-electron chi connectivity index (χ3n) is 1.29. The smallest absolute Gasteiger partial charge is 0.295 e. The van der Waals surface area contributed by atoms with E-state index in [1.165, 1.54) is 6.21 Å². The Balaban J connectivity index is 2.49. The molecule has 1 rings (SSSR count). The van der Waals surface area contributed by atoms with Gasteiger partial charge in [-0.1, -0.05) is 0 Å². The molecule has 0 unspecified atom stereocenters. The van der Waals surface area contributed by atoms with Crippen molar-refractivity contribution in [1.29, 1.82) is 0 Å². The minimum Gasteiger partial charge on any atom is -0.295 e. The number of nitrogens with zero attached hydrogens (tertiary/aromatic N) is 2. The van der Waals surface area contributed by atoms with Gasteiger partial charge in [0.05, 0.1) is 6.54 Å². The lowest BCUT2D eigenvalue weighted by Gasteiger charge is -2.24. The summed E-state index contributed by atoms with van der Waals surface area (Å²) in [5, 5.41) is 0. The van der Waals surface area contributed by atoms with E-state index in [0.717, 1.165) is 0 Å². The maximum absolute atomic E-state index is 11.8. The van der Waals surface area contributed by atoms with Gasteiger partial charge in [-0.25, -0.2) is 4.90 Å². The van der Waals surface area contributed by atoms with Crippen LogP contribution in [0.4, 0.5) is 13.2 Å². The highest BCUT2D eigenvalue weighted by atomic mass is 19.4. The molecule has 0 aromatic heterocycles. The molecular formula is C5H7F3N2. The molecule has 0 aromatic carbocycles. The Hall–Kier alpha value is -0.580. The summed E-state index contributed by atoms with van der Waals surface area (Å²) in [6.07, 6.45) is -2.90. The Labute approximate surface area is 56.3 Å². The number of hydrogen-bond acceptors (Lipinski definition) is 2. The molecule has 1 heterocycles. The van der Waals surface area contributed by atoms with Crippen LogP contribution in [0.1, 0.15) is 0 Å². The number of rotatable bonds is 0. The Morgan fingerprint density at radius 3 is 2.40 bits per heavy atom. The van der Waals surface area contributed by atoms with Crippen molar-refractivity contribution in [3.63, 3.8) is 0 Å². The van der Waals surface area contributed by atoms with Crippen LogP contribution in [0.25, 0.3) is 0 Å². The van der Waals surface area contributed by atoms with Crippen molar-refractivity contribution in [2.24, 2.45) is 4.99 Å². The fourth-order valence-electron chi connectivity index (χ4n) is 0.748. The molecule has 0 bridgehead atoms. The van der Waals surface area contributed by atoms with E-state index < -0.39 is 6.30 Å². The Morgan fingerprint density at radius 2 is 2.10 bits per heavy atom. The molecule has 0 saturated heterocycles. The third-order valence-corrected chi connectivity index (χ3v) is 1.29. The van der Waals surface area contributed by atoms with Gasteiger partial charge in [0.1, 0.15) is 0 Å². The standard InChI is InChI=1S/C5H7F3N2/c6-5(7,8)10-3-1-9-2-4-10/h1H,2-4H2. The minimum absolute atomic E-state index is 0.0139. The zero-order valence-corrected chi connectivity index (χ0v) is 5.23. The van der Waals surface area contributed by atoms with E-state index in [1.807, 2.05) is 0 Å². The number of aliphatic imine (C=N–C) groups is 1. The summed E-state index contributed by atoms with van der Waals surface area (Å²) >= 11 is 0. The lowest BCUT2D eigenvalue weighted by Crippen LogP contribution is -2.42. The van der Waals surface area contributed by atoms with Crippen molar-refractivity contribution in [1.82, 2.24) is 4.90 Å². The van der Waals surface area contributed by atoms with Gasteiger partial charge in [0, 0.05) is 19.3 Å². The van der Waals surface area contributed by atoms with Gasteiger partial charge in [0.25, 0.3) is 0 Å². The zero-order chi connectivity index (χ0) is 7.61. The number of alkyl halides is 3. The van der Waals surface area contributed by atoms with Crippen LogP contribution >= 0.6 is 0 Å². The van der Waals surface area contributed by atoms with Crippen LogP contribution in [-0.4, -0.2) is 37.0 Å². The molecule has 0 amide bonds. The van der Waals surface area contributed by atoms with Gasteiger partial charge in [-0.2, -0.15) is 13.2 Å². The first kappa shape index (κ1) is 7.53. The summed E-state index contributed by atoms with van der Waals surface area (Å²) in [5.74, 6) is 0. The van der Waals surface area contributed by atoms with Crippen molar-refractivity contribution >= 4 is 6.21 Å². The van der Waals surface area contributed by atoms with Crippen LogP contribution in [0.3, 0.4) is 0 Å². The lowest BCUT2D eigenvalue weighted by molar-refractivity contribution is -0.240. The molecule has 58 valence electrons. The molecule has 0 atom stereocenters. The highest BCUT2D eigenvalue weighted by Crippen LogP contribution is 2.20. The molecule has 0 aliphatic carbocycles. The van der Waals surface area contributed by atoms with Crippen molar-refractivity contribution in [3.05, 3.63) is 0 Å². The van der Waals surface area contributed by atoms with Gasteiger partial charge < -0.3 is 0 Å². The maximum Gasteiger partial charge on any atom is 0.460 e. The summed E-state index contributed by atoms with van der Waals surface area (Å²) < 4.78 is 35.4. The number of halogens is 3. The van der Waals surface area contributed by atoms with Crippen LogP contribution in [0, 0.1) is 0 Å². The average molecular weight is 152 g/mol. The molecule has 0 aromatic rings. The summed E-state index contributed by atoms with van der Waals surface area (Å²) in [5.41, 5.74) is 0. The first-order chi connectivity index (χ1) is 4.61. The molecule has 0 saturated carbocycles. The van der Waals surface area contributed by atoms with Gasteiger partial charge in [-0.3, -0.25) is 4.99 Å². The monoisotopic (exact) mass is 152 g/mol. The van der Waals surface area contributed by atoms with E-state index >= 15 is 0 Å². The van der Waals surface area contributed by atoms with E-state index in [2.05, 4.69) is 4.99 Å². The molecule has 10 heavy (non-hydrogen) atoms. The minimum atomic E-state index is -4.19. The van der Waals surface area contributed by atoms with E-state index in [4.69, 9.17) is 0 Å². The topological polar surface area (TPSA) is 15.6 Å². The van der Waals surface area contributed by atoms with Gasteiger partial charge in [-0.15, -0.1) is 0 Å². The molecule has 5 heteroatoms. The quantitative estimate of drug-likeness (QED) is 0.471. The molecule has 0 fully saturated rings. The Bertz CT molecular complexity index is 140. The fourth-order valence-corrected chi connectivity index (χ4v) is 0.748. The largest absolute Gasteiger partial charge is 0.460 e. The van der Waals surface area contributed by atoms with E-state index in [-0.39, 0.29) is 19.6 Å². The predicted octanol–water partition coefficient (Wildman–Crippen LogP) is 0.893. The van der Waals surface area contributed by atoms with Gasteiger partial charge >= 0.3 is 6.30 Å². The van der Waals surface area contributed by atoms with Crippen molar-refractivity contribution in [3.8, 4) is 0 Å². The fraction of sp³-hybridized carbons (Fsp3) is 0.800. The number of hydrogen-bond donors (Lipinski definition) is 0. The van der Waals surface area contributed by atoms with E-state index in [9.17, 15) is 13.2 Å².